The molecule has 0 aliphatic carbocycles. The van der Waals surface area contributed by atoms with Crippen LogP contribution in [0.4, 0.5) is 10.1 Å². The Hall–Kier alpha value is -3.42. The van der Waals surface area contributed by atoms with Crippen molar-refractivity contribution >= 4 is 46.3 Å². The molecule has 2 heterocycles. The molecule has 1 N–H and O–H groups in total. The molecule has 1 saturated heterocycles. The number of aromatic nitrogens is 1. The van der Waals surface area contributed by atoms with E-state index in [0.29, 0.717) is 17.9 Å². The summed E-state index contributed by atoms with van der Waals surface area (Å²) in [4.78, 5) is 31.4. The molecule has 1 amide bonds. The molecule has 0 spiro atoms. The van der Waals surface area contributed by atoms with Crippen LogP contribution < -0.4 is 9.64 Å². The zero-order chi connectivity index (χ0) is 23.7. The van der Waals surface area contributed by atoms with Gasteiger partial charge in [0.25, 0.3) is 11.7 Å². The first-order valence-corrected chi connectivity index (χ1v) is 10.7. The third-order valence-electron chi connectivity index (χ3n) is 5.15. The van der Waals surface area contributed by atoms with Crippen LogP contribution in [0.15, 0.2) is 66.5 Å². The molecule has 1 aromatic heterocycles. The number of nitrogens with zero attached hydrogens (tertiary/aromatic N) is 2. The summed E-state index contributed by atoms with van der Waals surface area (Å²) in [6.07, 6.45) is 2.99. The summed E-state index contributed by atoms with van der Waals surface area (Å²) in [6.45, 7) is 2.19. The summed E-state index contributed by atoms with van der Waals surface area (Å²) < 4.78 is 19.2. The number of benzene rings is 2. The van der Waals surface area contributed by atoms with Gasteiger partial charge in [0.05, 0.1) is 28.3 Å². The van der Waals surface area contributed by atoms with Crippen molar-refractivity contribution in [2.24, 2.45) is 0 Å². The van der Waals surface area contributed by atoms with Crippen LogP contribution in [0, 0.1) is 5.82 Å². The van der Waals surface area contributed by atoms with Gasteiger partial charge in [0.1, 0.15) is 17.3 Å². The van der Waals surface area contributed by atoms with Gasteiger partial charge in [-0.05, 0) is 61.0 Å². The molecule has 168 valence electrons. The fourth-order valence-corrected chi connectivity index (χ4v) is 4.06. The Balaban J connectivity index is 1.95. The summed E-state index contributed by atoms with van der Waals surface area (Å²) in [6, 6.07) is 10.5. The highest BCUT2D eigenvalue weighted by atomic mass is 35.5. The van der Waals surface area contributed by atoms with Crippen LogP contribution in [-0.2, 0) is 9.59 Å². The van der Waals surface area contributed by atoms with Crippen molar-refractivity contribution < 1.29 is 23.8 Å². The quantitative estimate of drug-likeness (QED) is 0.290. The molecule has 2 aromatic carbocycles. The summed E-state index contributed by atoms with van der Waals surface area (Å²) in [7, 11) is 0. The molecule has 1 aliphatic rings. The number of rotatable bonds is 5. The number of hydrogen-bond donors (Lipinski definition) is 1. The minimum Gasteiger partial charge on any atom is -0.507 e. The van der Waals surface area contributed by atoms with Crippen molar-refractivity contribution in [3.05, 3.63) is 93.5 Å². The summed E-state index contributed by atoms with van der Waals surface area (Å²) in [5.74, 6) is -2.52. The molecule has 6 nitrogen and oxygen atoms in total. The van der Waals surface area contributed by atoms with Gasteiger partial charge in [0.15, 0.2) is 0 Å². The van der Waals surface area contributed by atoms with E-state index in [0.717, 1.165) is 11.0 Å². The minimum absolute atomic E-state index is 0.136. The number of anilines is 1. The van der Waals surface area contributed by atoms with Gasteiger partial charge in [-0.2, -0.15) is 0 Å². The van der Waals surface area contributed by atoms with E-state index in [2.05, 4.69) is 4.98 Å². The Morgan fingerprint density at radius 2 is 1.82 bits per heavy atom. The average Bonchev–Trinajstić information content (AvgIpc) is 3.08. The number of aliphatic hydroxyl groups excluding tert-OH is 1. The first kappa shape index (κ1) is 22.8. The molecule has 33 heavy (non-hydrogen) atoms. The third kappa shape index (κ3) is 4.17. The molecule has 3 aromatic rings. The number of hydrogen-bond acceptors (Lipinski definition) is 5. The van der Waals surface area contributed by atoms with Crippen molar-refractivity contribution in [3.8, 4) is 5.75 Å². The van der Waals surface area contributed by atoms with Gasteiger partial charge in [-0.25, -0.2) is 4.39 Å². The number of ketones is 1. The standard InChI is InChI=1S/C24H17Cl2FN2O4/c1-2-33-15-4-5-17(25)16(12-15)22(30)20-21(13-7-9-28-10-8-13)29(24(32)23(20)31)14-3-6-19(27)18(26)11-14/h3-12,21,30H,2H2,1H3/b22-20+. The monoisotopic (exact) mass is 486 g/mol. The summed E-state index contributed by atoms with van der Waals surface area (Å²) in [5, 5.41) is 11.2. The SMILES string of the molecule is CCOc1ccc(Cl)c(/C(O)=C2\C(=O)C(=O)N(c3ccc(F)c(Cl)c3)C2c2ccncc2)c1. The molecule has 0 saturated carbocycles. The highest BCUT2D eigenvalue weighted by molar-refractivity contribution is 6.52. The van der Waals surface area contributed by atoms with E-state index < -0.39 is 29.3 Å². The predicted molar refractivity (Wildman–Crippen MR) is 123 cm³/mol. The highest BCUT2D eigenvalue weighted by Gasteiger charge is 2.47. The normalized spacial score (nSPS) is 17.5. The first-order valence-electron chi connectivity index (χ1n) is 9.92. The molecule has 1 atom stereocenters. The lowest BCUT2D eigenvalue weighted by atomic mass is 9.95. The van der Waals surface area contributed by atoms with Crippen molar-refractivity contribution in [2.75, 3.05) is 11.5 Å². The van der Waals surface area contributed by atoms with Gasteiger partial charge in [-0.3, -0.25) is 19.5 Å². The summed E-state index contributed by atoms with van der Waals surface area (Å²) in [5.41, 5.74) is 0.654. The maximum Gasteiger partial charge on any atom is 0.300 e. The van der Waals surface area contributed by atoms with Crippen LogP contribution in [0.2, 0.25) is 10.0 Å². The topological polar surface area (TPSA) is 79.7 Å². The van der Waals surface area contributed by atoms with E-state index in [1.807, 2.05) is 0 Å². The number of carbonyl (C=O) groups is 2. The molecular formula is C24H17Cl2FN2O4. The fraction of sp³-hybridized carbons (Fsp3) is 0.125. The maximum atomic E-state index is 13.8. The lowest BCUT2D eigenvalue weighted by Crippen LogP contribution is -2.29. The second kappa shape index (κ2) is 9.21. The van der Waals surface area contributed by atoms with E-state index in [1.54, 1.807) is 25.1 Å². The largest absolute Gasteiger partial charge is 0.507 e. The van der Waals surface area contributed by atoms with E-state index >= 15 is 0 Å². The fourth-order valence-electron chi connectivity index (χ4n) is 3.68. The van der Waals surface area contributed by atoms with Gasteiger partial charge in [0.2, 0.25) is 0 Å². The summed E-state index contributed by atoms with van der Waals surface area (Å²) >= 11 is 12.2. The molecular weight excluding hydrogens is 470 g/mol. The van der Waals surface area contributed by atoms with Crippen molar-refractivity contribution in [1.29, 1.82) is 0 Å². The highest BCUT2D eigenvalue weighted by Crippen LogP contribution is 2.43. The smallest absolute Gasteiger partial charge is 0.300 e. The Bertz CT molecular complexity index is 1280. The third-order valence-corrected chi connectivity index (χ3v) is 5.77. The van der Waals surface area contributed by atoms with Crippen LogP contribution in [0.1, 0.15) is 24.1 Å². The van der Waals surface area contributed by atoms with Crippen LogP contribution in [0.3, 0.4) is 0 Å². The predicted octanol–water partition coefficient (Wildman–Crippen LogP) is 5.55. The average molecular weight is 487 g/mol. The second-order valence-electron chi connectivity index (χ2n) is 7.12. The molecule has 9 heteroatoms. The lowest BCUT2D eigenvalue weighted by molar-refractivity contribution is -0.132. The Morgan fingerprint density at radius 1 is 1.09 bits per heavy atom. The van der Waals surface area contributed by atoms with Crippen molar-refractivity contribution in [3.63, 3.8) is 0 Å². The molecule has 0 radical (unpaired) electrons. The Labute approximate surface area is 198 Å². The number of Topliss-reactive ketones (excluding diaryl/α,β-unsaturated/α-hetero) is 1. The van der Waals surface area contributed by atoms with Crippen molar-refractivity contribution in [1.82, 2.24) is 4.98 Å². The molecule has 1 unspecified atom stereocenters. The zero-order valence-corrected chi connectivity index (χ0v) is 18.8. The molecule has 0 bridgehead atoms. The number of pyridine rings is 1. The molecule has 1 aliphatic heterocycles. The number of amides is 1. The van der Waals surface area contributed by atoms with Gasteiger partial charge >= 0.3 is 0 Å². The maximum absolute atomic E-state index is 13.8. The van der Waals surface area contributed by atoms with Gasteiger partial charge in [-0.15, -0.1) is 0 Å². The van der Waals surface area contributed by atoms with Gasteiger partial charge in [-0.1, -0.05) is 23.2 Å². The van der Waals surface area contributed by atoms with Crippen LogP contribution in [-0.4, -0.2) is 28.4 Å². The number of ether oxygens (including phenoxy) is 1. The van der Waals surface area contributed by atoms with Gasteiger partial charge < -0.3 is 9.84 Å². The number of carbonyl (C=O) groups excluding carboxylic acids is 2. The molecule has 4 rings (SSSR count). The minimum atomic E-state index is -1.03. The Morgan fingerprint density at radius 3 is 2.48 bits per heavy atom. The van der Waals surface area contributed by atoms with Crippen LogP contribution in [0.25, 0.3) is 5.76 Å². The second-order valence-corrected chi connectivity index (χ2v) is 7.94. The molecule has 1 fully saturated rings. The lowest BCUT2D eigenvalue weighted by Gasteiger charge is -2.25. The van der Waals surface area contributed by atoms with E-state index in [-0.39, 0.29) is 26.9 Å². The van der Waals surface area contributed by atoms with E-state index in [4.69, 9.17) is 27.9 Å². The van der Waals surface area contributed by atoms with Crippen LogP contribution in [0.5, 0.6) is 5.75 Å². The Kier molecular flexibility index (Phi) is 6.35. The van der Waals surface area contributed by atoms with Crippen LogP contribution >= 0.6 is 23.2 Å². The van der Waals surface area contributed by atoms with Gasteiger partial charge in [0, 0.05) is 23.6 Å². The number of aliphatic hydroxyl groups is 1. The zero-order valence-electron chi connectivity index (χ0n) is 17.3. The van der Waals surface area contributed by atoms with Crippen molar-refractivity contribution in [2.45, 2.75) is 13.0 Å². The number of halogens is 3. The van der Waals surface area contributed by atoms with E-state index in [1.165, 1.54) is 36.7 Å². The first-order chi connectivity index (χ1) is 15.8. The van der Waals surface area contributed by atoms with E-state index in [9.17, 15) is 19.1 Å².